The third-order valence-electron chi connectivity index (χ3n) is 3.49. The highest BCUT2D eigenvalue weighted by Crippen LogP contribution is 2.23. The lowest BCUT2D eigenvalue weighted by atomic mass is 9.99. The van der Waals surface area contributed by atoms with Crippen molar-refractivity contribution in [2.45, 2.75) is 32.1 Å². The molecule has 1 unspecified atom stereocenters. The SMILES string of the molecule is CC(CO)c1coc(CC2CCS(=O)(=O)CC2)n1. The van der Waals surface area contributed by atoms with Gasteiger partial charge in [-0.25, -0.2) is 13.4 Å². The first-order chi connectivity index (χ1) is 8.50. The minimum absolute atomic E-state index is 0.0192. The number of aromatic nitrogens is 1. The van der Waals surface area contributed by atoms with Crippen LogP contribution in [0, 0.1) is 5.92 Å². The maximum atomic E-state index is 11.3. The van der Waals surface area contributed by atoms with E-state index in [4.69, 9.17) is 9.52 Å². The zero-order chi connectivity index (χ0) is 13.2. The molecular weight excluding hydrogens is 254 g/mol. The first-order valence-corrected chi connectivity index (χ1v) is 8.08. The molecule has 102 valence electrons. The third kappa shape index (κ3) is 3.32. The van der Waals surface area contributed by atoms with E-state index in [1.165, 1.54) is 0 Å². The summed E-state index contributed by atoms with van der Waals surface area (Å²) in [6.07, 6.45) is 3.65. The number of aliphatic hydroxyl groups is 1. The van der Waals surface area contributed by atoms with Gasteiger partial charge in [-0.3, -0.25) is 0 Å². The quantitative estimate of drug-likeness (QED) is 0.889. The lowest BCUT2D eigenvalue weighted by Crippen LogP contribution is -2.24. The van der Waals surface area contributed by atoms with Gasteiger partial charge in [0.1, 0.15) is 16.1 Å². The van der Waals surface area contributed by atoms with E-state index in [9.17, 15) is 8.42 Å². The van der Waals surface area contributed by atoms with Gasteiger partial charge in [0.15, 0.2) is 5.89 Å². The molecule has 0 radical (unpaired) electrons. The molecule has 1 aromatic rings. The van der Waals surface area contributed by atoms with Crippen molar-refractivity contribution in [3.8, 4) is 0 Å². The number of nitrogens with zero attached hydrogens (tertiary/aromatic N) is 1. The Hall–Kier alpha value is -0.880. The Labute approximate surface area is 107 Å². The minimum Gasteiger partial charge on any atom is -0.449 e. The summed E-state index contributed by atoms with van der Waals surface area (Å²) in [7, 11) is -2.80. The highest BCUT2D eigenvalue weighted by Gasteiger charge is 2.25. The van der Waals surface area contributed by atoms with Gasteiger partial charge in [-0.1, -0.05) is 6.92 Å². The second-order valence-corrected chi connectivity index (χ2v) is 7.35. The van der Waals surface area contributed by atoms with Crippen molar-refractivity contribution >= 4 is 9.84 Å². The van der Waals surface area contributed by atoms with Gasteiger partial charge < -0.3 is 9.52 Å². The minimum atomic E-state index is -2.80. The van der Waals surface area contributed by atoms with E-state index < -0.39 is 9.84 Å². The lowest BCUT2D eigenvalue weighted by Gasteiger charge is -2.20. The highest BCUT2D eigenvalue weighted by atomic mass is 32.2. The molecular formula is C12H19NO4S. The van der Waals surface area contributed by atoms with E-state index in [1.54, 1.807) is 6.26 Å². The largest absolute Gasteiger partial charge is 0.449 e. The fourth-order valence-electron chi connectivity index (χ4n) is 2.13. The summed E-state index contributed by atoms with van der Waals surface area (Å²) in [6.45, 7) is 1.93. The number of sulfone groups is 1. The highest BCUT2D eigenvalue weighted by molar-refractivity contribution is 7.91. The fraction of sp³-hybridized carbons (Fsp3) is 0.750. The average Bonchev–Trinajstić information content (AvgIpc) is 2.79. The van der Waals surface area contributed by atoms with Gasteiger partial charge in [0.05, 0.1) is 23.8 Å². The van der Waals surface area contributed by atoms with Gasteiger partial charge in [-0.15, -0.1) is 0 Å². The van der Waals surface area contributed by atoms with Crippen LogP contribution in [0.1, 0.15) is 37.3 Å². The molecule has 1 fully saturated rings. The number of rotatable bonds is 4. The van der Waals surface area contributed by atoms with Gasteiger partial charge in [0.2, 0.25) is 0 Å². The van der Waals surface area contributed by atoms with Crippen molar-refractivity contribution in [3.05, 3.63) is 17.8 Å². The average molecular weight is 273 g/mol. The summed E-state index contributed by atoms with van der Waals surface area (Å²) in [5, 5.41) is 9.03. The monoisotopic (exact) mass is 273 g/mol. The van der Waals surface area contributed by atoms with Crippen LogP contribution in [0.5, 0.6) is 0 Å². The van der Waals surface area contributed by atoms with Gasteiger partial charge in [-0.2, -0.15) is 0 Å². The van der Waals surface area contributed by atoms with Gasteiger partial charge in [0.25, 0.3) is 0 Å². The van der Waals surface area contributed by atoms with Crippen LogP contribution < -0.4 is 0 Å². The predicted molar refractivity (Wildman–Crippen MR) is 67.1 cm³/mol. The third-order valence-corrected chi connectivity index (χ3v) is 5.20. The molecule has 1 atom stereocenters. The second kappa shape index (κ2) is 5.40. The van der Waals surface area contributed by atoms with Crippen LogP contribution in [0.15, 0.2) is 10.7 Å². The zero-order valence-corrected chi connectivity index (χ0v) is 11.3. The molecule has 0 spiro atoms. The molecule has 2 rings (SSSR count). The van der Waals surface area contributed by atoms with Gasteiger partial charge >= 0.3 is 0 Å². The van der Waals surface area contributed by atoms with Crippen molar-refractivity contribution < 1.29 is 17.9 Å². The zero-order valence-electron chi connectivity index (χ0n) is 10.5. The Bertz CT molecular complexity index is 480. The van der Waals surface area contributed by atoms with E-state index in [0.29, 0.717) is 31.1 Å². The number of aliphatic hydroxyl groups excluding tert-OH is 1. The summed E-state index contributed by atoms with van der Waals surface area (Å²) >= 11 is 0. The first kappa shape index (κ1) is 13.5. The lowest BCUT2D eigenvalue weighted by molar-refractivity contribution is 0.271. The molecule has 5 nitrogen and oxygen atoms in total. The second-order valence-electron chi connectivity index (χ2n) is 5.05. The summed E-state index contributed by atoms with van der Waals surface area (Å²) in [5.74, 6) is 1.52. The van der Waals surface area contributed by atoms with Crippen molar-refractivity contribution in [2.75, 3.05) is 18.1 Å². The molecule has 1 aliphatic heterocycles. The summed E-state index contributed by atoms with van der Waals surface area (Å²) in [4.78, 5) is 4.34. The van der Waals surface area contributed by atoms with Crippen LogP contribution in [0.2, 0.25) is 0 Å². The van der Waals surface area contributed by atoms with Crippen LogP contribution in [-0.4, -0.2) is 36.6 Å². The Kier molecular flexibility index (Phi) is 4.07. The molecule has 0 aromatic carbocycles. The molecule has 1 aliphatic rings. The van der Waals surface area contributed by atoms with Gasteiger partial charge in [-0.05, 0) is 18.8 Å². The Balaban J connectivity index is 1.92. The van der Waals surface area contributed by atoms with Crippen molar-refractivity contribution in [1.29, 1.82) is 0 Å². The van der Waals surface area contributed by atoms with Crippen LogP contribution in [0.25, 0.3) is 0 Å². The normalized spacial score (nSPS) is 21.9. The molecule has 1 saturated heterocycles. The van der Waals surface area contributed by atoms with Crippen LogP contribution in [0.3, 0.4) is 0 Å². The van der Waals surface area contributed by atoms with Crippen molar-refractivity contribution in [1.82, 2.24) is 4.98 Å². The van der Waals surface area contributed by atoms with E-state index in [0.717, 1.165) is 5.69 Å². The molecule has 1 aromatic heterocycles. The van der Waals surface area contributed by atoms with Crippen LogP contribution in [0.4, 0.5) is 0 Å². The smallest absolute Gasteiger partial charge is 0.194 e. The van der Waals surface area contributed by atoms with E-state index in [-0.39, 0.29) is 24.0 Å². The Morgan fingerprint density at radius 2 is 2.17 bits per heavy atom. The van der Waals surface area contributed by atoms with Crippen LogP contribution >= 0.6 is 0 Å². The van der Waals surface area contributed by atoms with Crippen molar-refractivity contribution in [3.63, 3.8) is 0 Å². The maximum absolute atomic E-state index is 11.3. The van der Waals surface area contributed by atoms with E-state index >= 15 is 0 Å². The number of hydrogen-bond donors (Lipinski definition) is 1. The fourth-order valence-corrected chi connectivity index (χ4v) is 3.72. The molecule has 1 N–H and O–H groups in total. The Morgan fingerprint density at radius 1 is 1.50 bits per heavy atom. The molecule has 0 saturated carbocycles. The Morgan fingerprint density at radius 3 is 2.78 bits per heavy atom. The van der Waals surface area contributed by atoms with E-state index in [2.05, 4.69) is 4.98 Å². The molecule has 0 aliphatic carbocycles. The van der Waals surface area contributed by atoms with E-state index in [1.807, 2.05) is 6.92 Å². The molecule has 0 bridgehead atoms. The van der Waals surface area contributed by atoms with Gasteiger partial charge in [0, 0.05) is 12.3 Å². The van der Waals surface area contributed by atoms with Crippen LogP contribution in [-0.2, 0) is 16.3 Å². The summed E-state index contributed by atoms with van der Waals surface area (Å²) in [6, 6.07) is 0. The number of hydrogen-bond acceptors (Lipinski definition) is 5. The molecule has 0 amide bonds. The molecule has 6 heteroatoms. The summed E-state index contributed by atoms with van der Waals surface area (Å²) < 4.78 is 28.0. The predicted octanol–water partition coefficient (Wildman–Crippen LogP) is 1.14. The topological polar surface area (TPSA) is 80.4 Å². The maximum Gasteiger partial charge on any atom is 0.194 e. The first-order valence-electron chi connectivity index (χ1n) is 6.26. The summed E-state index contributed by atoms with van der Waals surface area (Å²) in [5.41, 5.74) is 0.760. The van der Waals surface area contributed by atoms with Crippen molar-refractivity contribution in [2.24, 2.45) is 5.92 Å². The number of oxazole rings is 1. The standard InChI is InChI=1S/C12H19NO4S/c1-9(7-14)11-8-17-12(13-11)6-10-2-4-18(15,16)5-3-10/h8-10,14H,2-7H2,1H3. The molecule has 2 heterocycles. The molecule has 18 heavy (non-hydrogen) atoms.